The second-order valence-corrected chi connectivity index (χ2v) is 4.77. The van der Waals surface area contributed by atoms with Gasteiger partial charge in [-0.15, -0.1) is 0 Å². The summed E-state index contributed by atoms with van der Waals surface area (Å²) in [6.45, 7) is 0. The van der Waals surface area contributed by atoms with E-state index in [-0.39, 0.29) is 4.99 Å². The number of rotatable bonds is 3. The van der Waals surface area contributed by atoms with Crippen LogP contribution in [0.1, 0.15) is 5.69 Å². The Bertz CT molecular complexity index is 785. The first-order chi connectivity index (χ1) is 9.72. The monoisotopic (exact) mass is 280 g/mol. The van der Waals surface area contributed by atoms with E-state index in [1.165, 1.54) is 0 Å². The second-order valence-electron chi connectivity index (χ2n) is 4.33. The number of benzene rings is 1. The van der Waals surface area contributed by atoms with Crippen LogP contribution in [0.4, 0.5) is 11.4 Å². The zero-order valence-electron chi connectivity index (χ0n) is 10.6. The van der Waals surface area contributed by atoms with E-state index < -0.39 is 0 Å². The number of nitrogens with zero attached hydrogens (tertiary/aromatic N) is 2. The SMILES string of the molecule is NC(=S)c1cc(Nc2ccc3ncccc3c2)ccn1. The highest BCUT2D eigenvalue weighted by Gasteiger charge is 2.01. The summed E-state index contributed by atoms with van der Waals surface area (Å²) in [7, 11) is 0. The van der Waals surface area contributed by atoms with Crippen molar-refractivity contribution in [2.24, 2.45) is 5.73 Å². The molecule has 20 heavy (non-hydrogen) atoms. The molecule has 4 nitrogen and oxygen atoms in total. The molecule has 0 aliphatic rings. The van der Waals surface area contributed by atoms with Crippen molar-refractivity contribution in [3.8, 4) is 0 Å². The van der Waals surface area contributed by atoms with Crippen molar-refractivity contribution in [2.75, 3.05) is 5.32 Å². The van der Waals surface area contributed by atoms with E-state index in [9.17, 15) is 0 Å². The fourth-order valence-electron chi connectivity index (χ4n) is 1.96. The molecular formula is C15H12N4S. The van der Waals surface area contributed by atoms with Crippen LogP contribution in [0, 0.1) is 0 Å². The van der Waals surface area contributed by atoms with Gasteiger partial charge in [0.05, 0.1) is 11.2 Å². The lowest BCUT2D eigenvalue weighted by Crippen LogP contribution is -2.11. The van der Waals surface area contributed by atoms with Gasteiger partial charge in [-0.25, -0.2) is 0 Å². The molecule has 3 aromatic rings. The lowest BCUT2D eigenvalue weighted by Gasteiger charge is -2.08. The molecule has 98 valence electrons. The first-order valence-electron chi connectivity index (χ1n) is 6.10. The predicted molar refractivity (Wildman–Crippen MR) is 85.2 cm³/mol. The molecule has 0 bridgehead atoms. The second kappa shape index (κ2) is 5.22. The van der Waals surface area contributed by atoms with Crippen molar-refractivity contribution < 1.29 is 0 Å². The fraction of sp³-hybridized carbons (Fsp3) is 0. The first kappa shape index (κ1) is 12.5. The molecular weight excluding hydrogens is 268 g/mol. The van der Waals surface area contributed by atoms with Crippen molar-refractivity contribution in [1.82, 2.24) is 9.97 Å². The zero-order valence-corrected chi connectivity index (χ0v) is 11.4. The maximum absolute atomic E-state index is 5.58. The highest BCUT2D eigenvalue weighted by molar-refractivity contribution is 7.80. The van der Waals surface area contributed by atoms with Crippen molar-refractivity contribution in [1.29, 1.82) is 0 Å². The molecule has 0 spiro atoms. The van der Waals surface area contributed by atoms with Crippen LogP contribution in [0.3, 0.4) is 0 Å². The van der Waals surface area contributed by atoms with Crippen LogP contribution in [0.25, 0.3) is 10.9 Å². The number of hydrogen-bond donors (Lipinski definition) is 2. The van der Waals surface area contributed by atoms with Crippen LogP contribution in [-0.4, -0.2) is 15.0 Å². The molecule has 0 radical (unpaired) electrons. The third-order valence-corrected chi connectivity index (χ3v) is 3.11. The number of nitrogens with two attached hydrogens (primary N) is 1. The minimum absolute atomic E-state index is 0.288. The van der Waals surface area contributed by atoms with Crippen molar-refractivity contribution >= 4 is 39.5 Å². The van der Waals surface area contributed by atoms with Gasteiger partial charge >= 0.3 is 0 Å². The quantitative estimate of drug-likeness (QED) is 0.722. The number of nitrogens with one attached hydrogen (secondary N) is 1. The van der Waals surface area contributed by atoms with Crippen LogP contribution < -0.4 is 11.1 Å². The van der Waals surface area contributed by atoms with Gasteiger partial charge in [-0.05, 0) is 36.4 Å². The van der Waals surface area contributed by atoms with E-state index in [2.05, 4.69) is 15.3 Å². The molecule has 0 fully saturated rings. The third kappa shape index (κ3) is 2.57. The summed E-state index contributed by atoms with van der Waals surface area (Å²) in [6.07, 6.45) is 3.46. The van der Waals surface area contributed by atoms with Crippen LogP contribution >= 0.6 is 12.2 Å². The van der Waals surface area contributed by atoms with Gasteiger partial charge < -0.3 is 11.1 Å². The summed E-state index contributed by atoms with van der Waals surface area (Å²) < 4.78 is 0. The minimum Gasteiger partial charge on any atom is -0.388 e. The van der Waals surface area contributed by atoms with E-state index in [4.69, 9.17) is 18.0 Å². The van der Waals surface area contributed by atoms with E-state index in [1.807, 2.05) is 42.5 Å². The lowest BCUT2D eigenvalue weighted by molar-refractivity contribution is 1.29. The zero-order chi connectivity index (χ0) is 13.9. The Hall–Kier alpha value is -2.53. The van der Waals surface area contributed by atoms with Gasteiger partial charge in [-0.1, -0.05) is 18.3 Å². The van der Waals surface area contributed by atoms with Crippen molar-refractivity contribution in [3.63, 3.8) is 0 Å². The van der Waals surface area contributed by atoms with Gasteiger partial charge in [0.25, 0.3) is 0 Å². The number of fused-ring (bicyclic) bond motifs is 1. The molecule has 0 saturated carbocycles. The number of aromatic nitrogens is 2. The highest BCUT2D eigenvalue weighted by Crippen LogP contribution is 2.21. The Morgan fingerprint density at radius 2 is 1.85 bits per heavy atom. The molecule has 0 amide bonds. The Labute approximate surface area is 121 Å². The molecule has 0 aliphatic heterocycles. The number of anilines is 2. The molecule has 3 rings (SSSR count). The largest absolute Gasteiger partial charge is 0.388 e. The smallest absolute Gasteiger partial charge is 0.122 e. The topological polar surface area (TPSA) is 63.8 Å². The average molecular weight is 280 g/mol. The Kier molecular flexibility index (Phi) is 3.26. The summed E-state index contributed by atoms with van der Waals surface area (Å²) in [5, 5.41) is 4.39. The van der Waals surface area contributed by atoms with Gasteiger partial charge in [0, 0.05) is 29.2 Å². The summed E-state index contributed by atoms with van der Waals surface area (Å²) in [5.74, 6) is 0. The molecule has 0 aliphatic carbocycles. The Morgan fingerprint density at radius 1 is 1.00 bits per heavy atom. The van der Waals surface area contributed by atoms with Crippen molar-refractivity contribution in [2.45, 2.75) is 0 Å². The van der Waals surface area contributed by atoms with Gasteiger partial charge in [-0.2, -0.15) is 0 Å². The molecule has 5 heteroatoms. The lowest BCUT2D eigenvalue weighted by atomic mass is 10.2. The number of pyridine rings is 2. The van der Waals surface area contributed by atoms with Crippen molar-refractivity contribution in [3.05, 3.63) is 60.6 Å². The highest BCUT2D eigenvalue weighted by atomic mass is 32.1. The summed E-state index contributed by atoms with van der Waals surface area (Å²) in [6, 6.07) is 13.7. The van der Waals surface area contributed by atoms with Gasteiger partial charge in [0.15, 0.2) is 0 Å². The summed E-state index contributed by atoms with van der Waals surface area (Å²) >= 11 is 4.93. The molecule has 3 N–H and O–H groups in total. The molecule has 2 aromatic heterocycles. The first-order valence-corrected chi connectivity index (χ1v) is 6.51. The standard InChI is InChI=1S/C15H12N4S/c16-15(20)14-9-12(5-7-18-14)19-11-3-4-13-10(8-11)2-1-6-17-13/h1-9H,(H2,16,20)(H,18,19). The normalized spacial score (nSPS) is 10.4. The predicted octanol–water partition coefficient (Wildman–Crippen LogP) is 3.01. The fourth-order valence-corrected chi connectivity index (χ4v) is 2.07. The average Bonchev–Trinajstić information content (AvgIpc) is 2.47. The third-order valence-electron chi connectivity index (χ3n) is 2.90. The van der Waals surface area contributed by atoms with Crippen LogP contribution in [0.2, 0.25) is 0 Å². The maximum atomic E-state index is 5.58. The van der Waals surface area contributed by atoms with E-state index in [1.54, 1.807) is 12.4 Å². The van der Waals surface area contributed by atoms with E-state index >= 15 is 0 Å². The van der Waals surface area contributed by atoms with Crippen LogP contribution in [-0.2, 0) is 0 Å². The van der Waals surface area contributed by atoms with E-state index in [0.717, 1.165) is 22.3 Å². The number of thiocarbonyl (C=S) groups is 1. The van der Waals surface area contributed by atoms with E-state index in [0.29, 0.717) is 5.69 Å². The summed E-state index contributed by atoms with van der Waals surface area (Å²) in [5.41, 5.74) is 9.03. The molecule has 0 unspecified atom stereocenters. The summed E-state index contributed by atoms with van der Waals surface area (Å²) in [4.78, 5) is 8.70. The Morgan fingerprint density at radius 3 is 2.70 bits per heavy atom. The minimum atomic E-state index is 0.288. The Balaban J connectivity index is 1.92. The van der Waals surface area contributed by atoms with Gasteiger partial charge in [0.2, 0.25) is 0 Å². The molecule has 0 saturated heterocycles. The number of hydrogen-bond acceptors (Lipinski definition) is 4. The molecule has 2 heterocycles. The van der Waals surface area contributed by atoms with Crippen LogP contribution in [0.15, 0.2) is 54.9 Å². The maximum Gasteiger partial charge on any atom is 0.122 e. The van der Waals surface area contributed by atoms with Crippen LogP contribution in [0.5, 0.6) is 0 Å². The molecule has 0 atom stereocenters. The van der Waals surface area contributed by atoms with Gasteiger partial charge in [-0.3, -0.25) is 9.97 Å². The van der Waals surface area contributed by atoms with Gasteiger partial charge in [0.1, 0.15) is 4.99 Å². The molecule has 1 aromatic carbocycles.